The summed E-state index contributed by atoms with van der Waals surface area (Å²) in [5.41, 5.74) is 1.14. The lowest BCUT2D eigenvalue weighted by molar-refractivity contribution is 0.0566. The first-order valence-electron chi connectivity index (χ1n) is 5.18. The van der Waals surface area contributed by atoms with Crippen LogP contribution in [0.25, 0.3) is 11.3 Å². The number of hydrogen-bond donors (Lipinski definition) is 0. The van der Waals surface area contributed by atoms with E-state index in [-0.39, 0.29) is 11.6 Å². The van der Waals surface area contributed by atoms with Crippen LogP contribution >= 0.6 is 15.9 Å². The van der Waals surface area contributed by atoms with Gasteiger partial charge in [0, 0.05) is 10.9 Å². The van der Waals surface area contributed by atoms with E-state index in [4.69, 9.17) is 4.42 Å². The zero-order valence-corrected chi connectivity index (χ0v) is 11.2. The summed E-state index contributed by atoms with van der Waals surface area (Å²) in [5, 5.41) is 0.449. The van der Waals surface area contributed by atoms with Gasteiger partial charge < -0.3 is 9.15 Å². The quantitative estimate of drug-likeness (QED) is 0.640. The number of hydrogen-bond acceptors (Lipinski definition) is 3. The Kier molecular flexibility index (Phi) is 3.81. The van der Waals surface area contributed by atoms with Crippen molar-refractivity contribution < 1.29 is 18.3 Å². The molecule has 0 bridgehead atoms. The molecule has 1 aromatic heterocycles. The summed E-state index contributed by atoms with van der Waals surface area (Å²) in [6, 6.07) is 7.88. The first-order chi connectivity index (χ1) is 8.65. The van der Waals surface area contributed by atoms with Gasteiger partial charge in [-0.25, -0.2) is 9.18 Å². The maximum atomic E-state index is 13.6. The minimum Gasteiger partial charge on any atom is -0.463 e. The molecule has 0 fully saturated rings. The van der Waals surface area contributed by atoms with Crippen LogP contribution < -0.4 is 0 Å². The third kappa shape index (κ3) is 2.46. The van der Waals surface area contributed by atoms with Crippen molar-refractivity contribution in [1.29, 1.82) is 0 Å². The molecule has 1 aromatic carbocycles. The van der Waals surface area contributed by atoms with Crippen LogP contribution in [0.1, 0.15) is 16.1 Å². The molecule has 0 atom stereocenters. The maximum Gasteiger partial charge on any atom is 0.373 e. The molecule has 0 aliphatic carbocycles. The molecular weight excluding hydrogens is 303 g/mol. The fraction of sp³-hybridized carbons (Fsp3) is 0.154. The molecule has 0 saturated carbocycles. The van der Waals surface area contributed by atoms with E-state index in [1.165, 1.54) is 19.2 Å². The second kappa shape index (κ2) is 5.35. The normalized spacial score (nSPS) is 10.4. The second-order valence-corrected chi connectivity index (χ2v) is 4.16. The van der Waals surface area contributed by atoms with E-state index >= 15 is 0 Å². The molecule has 0 unspecified atom stereocenters. The Morgan fingerprint density at radius 2 is 2.17 bits per heavy atom. The highest BCUT2D eigenvalue weighted by molar-refractivity contribution is 9.08. The molecule has 3 nitrogen and oxygen atoms in total. The predicted octanol–water partition coefficient (Wildman–Crippen LogP) is 3.77. The van der Waals surface area contributed by atoms with Gasteiger partial charge in [-0.15, -0.1) is 0 Å². The molecule has 0 saturated heterocycles. The van der Waals surface area contributed by atoms with E-state index < -0.39 is 5.97 Å². The van der Waals surface area contributed by atoms with Crippen LogP contribution in [0.5, 0.6) is 0 Å². The van der Waals surface area contributed by atoms with E-state index in [1.807, 2.05) is 0 Å². The summed E-state index contributed by atoms with van der Waals surface area (Å²) in [6.45, 7) is 0. The van der Waals surface area contributed by atoms with E-state index in [0.717, 1.165) is 0 Å². The third-order valence-corrected chi connectivity index (χ3v) is 3.08. The molecule has 0 spiro atoms. The number of ether oxygens (including phenoxy) is 1. The van der Waals surface area contributed by atoms with Crippen LogP contribution in [-0.4, -0.2) is 13.1 Å². The van der Waals surface area contributed by atoms with Gasteiger partial charge in [0.2, 0.25) is 5.76 Å². The van der Waals surface area contributed by atoms with E-state index in [0.29, 0.717) is 22.2 Å². The van der Waals surface area contributed by atoms with Crippen molar-refractivity contribution in [3.05, 3.63) is 47.5 Å². The monoisotopic (exact) mass is 312 g/mol. The lowest BCUT2D eigenvalue weighted by atomic mass is 10.1. The highest BCUT2D eigenvalue weighted by Gasteiger charge is 2.13. The van der Waals surface area contributed by atoms with Gasteiger partial charge in [0.1, 0.15) is 11.6 Å². The van der Waals surface area contributed by atoms with Crippen LogP contribution in [0.3, 0.4) is 0 Å². The zero-order valence-electron chi connectivity index (χ0n) is 9.57. The molecular formula is C13H10BrFO3. The SMILES string of the molecule is COC(=O)c1ccc(-c2ccc(CBr)c(F)c2)o1. The number of furan rings is 1. The van der Waals surface area contributed by atoms with Crippen molar-refractivity contribution in [2.75, 3.05) is 7.11 Å². The molecule has 0 aliphatic heterocycles. The van der Waals surface area contributed by atoms with Crippen LogP contribution in [0.15, 0.2) is 34.7 Å². The Morgan fingerprint density at radius 1 is 1.39 bits per heavy atom. The number of carbonyl (C=O) groups is 1. The number of halogens is 2. The molecule has 94 valence electrons. The van der Waals surface area contributed by atoms with E-state index in [2.05, 4.69) is 20.7 Å². The van der Waals surface area contributed by atoms with Gasteiger partial charge >= 0.3 is 5.97 Å². The fourth-order valence-electron chi connectivity index (χ4n) is 1.51. The van der Waals surface area contributed by atoms with Gasteiger partial charge in [0.05, 0.1) is 7.11 Å². The molecule has 0 radical (unpaired) electrons. The highest BCUT2D eigenvalue weighted by atomic mass is 79.9. The summed E-state index contributed by atoms with van der Waals surface area (Å²) in [4.78, 5) is 11.2. The molecule has 1 heterocycles. The lowest BCUT2D eigenvalue weighted by Gasteiger charge is -2.01. The van der Waals surface area contributed by atoms with Crippen molar-refractivity contribution in [1.82, 2.24) is 0 Å². The highest BCUT2D eigenvalue weighted by Crippen LogP contribution is 2.25. The van der Waals surface area contributed by atoms with Crippen LogP contribution in [0, 0.1) is 5.82 Å². The number of esters is 1. The number of rotatable bonds is 3. The molecule has 18 heavy (non-hydrogen) atoms. The zero-order chi connectivity index (χ0) is 13.1. The van der Waals surface area contributed by atoms with Crippen LogP contribution in [0.4, 0.5) is 4.39 Å². The first-order valence-corrected chi connectivity index (χ1v) is 6.30. The Labute approximate surface area is 112 Å². The van der Waals surface area contributed by atoms with E-state index in [9.17, 15) is 9.18 Å². The van der Waals surface area contributed by atoms with Gasteiger partial charge in [-0.1, -0.05) is 28.1 Å². The van der Waals surface area contributed by atoms with Crippen molar-refractivity contribution in [3.8, 4) is 11.3 Å². The minimum absolute atomic E-state index is 0.0949. The number of alkyl halides is 1. The summed E-state index contributed by atoms with van der Waals surface area (Å²) in [7, 11) is 1.27. The van der Waals surface area contributed by atoms with Crippen molar-refractivity contribution in [2.45, 2.75) is 5.33 Å². The minimum atomic E-state index is -0.557. The molecule has 5 heteroatoms. The molecule has 2 aromatic rings. The largest absolute Gasteiger partial charge is 0.463 e. The van der Waals surface area contributed by atoms with Crippen molar-refractivity contribution >= 4 is 21.9 Å². The fourth-order valence-corrected chi connectivity index (χ4v) is 1.97. The first kappa shape index (κ1) is 12.8. The Balaban J connectivity index is 2.34. The van der Waals surface area contributed by atoms with Crippen LogP contribution in [0.2, 0.25) is 0 Å². The standard InChI is InChI=1S/C13H10BrFO3/c1-17-13(16)12-5-4-11(18-12)8-2-3-9(7-14)10(15)6-8/h2-6H,7H2,1H3. The number of benzene rings is 1. The number of carbonyl (C=O) groups excluding carboxylic acids is 1. The van der Waals surface area contributed by atoms with Gasteiger partial charge in [-0.3, -0.25) is 0 Å². The predicted molar refractivity (Wildman–Crippen MR) is 68.1 cm³/mol. The second-order valence-electron chi connectivity index (χ2n) is 3.60. The van der Waals surface area contributed by atoms with Crippen molar-refractivity contribution in [3.63, 3.8) is 0 Å². The summed E-state index contributed by atoms with van der Waals surface area (Å²) in [5.74, 6) is -0.355. The Bertz CT molecular complexity index is 577. The van der Waals surface area contributed by atoms with Crippen LogP contribution in [-0.2, 0) is 10.1 Å². The van der Waals surface area contributed by atoms with Gasteiger partial charge in [-0.05, 0) is 23.8 Å². The summed E-state index contributed by atoms with van der Waals surface area (Å²) < 4.78 is 23.4. The van der Waals surface area contributed by atoms with Gasteiger partial charge in [-0.2, -0.15) is 0 Å². The third-order valence-electron chi connectivity index (χ3n) is 2.47. The summed E-state index contributed by atoms with van der Waals surface area (Å²) in [6.07, 6.45) is 0. The molecule has 0 aliphatic rings. The van der Waals surface area contributed by atoms with Gasteiger partial charge in [0.25, 0.3) is 0 Å². The Hall–Kier alpha value is -1.62. The maximum absolute atomic E-state index is 13.6. The van der Waals surface area contributed by atoms with Gasteiger partial charge in [0.15, 0.2) is 0 Å². The summed E-state index contributed by atoms with van der Waals surface area (Å²) >= 11 is 3.20. The lowest BCUT2D eigenvalue weighted by Crippen LogP contribution is -1.98. The Morgan fingerprint density at radius 3 is 2.78 bits per heavy atom. The smallest absolute Gasteiger partial charge is 0.373 e. The van der Waals surface area contributed by atoms with Crippen molar-refractivity contribution in [2.24, 2.45) is 0 Å². The number of methoxy groups -OCH3 is 1. The average molecular weight is 313 g/mol. The van der Waals surface area contributed by atoms with E-state index in [1.54, 1.807) is 18.2 Å². The topological polar surface area (TPSA) is 39.4 Å². The molecule has 2 rings (SSSR count). The average Bonchev–Trinajstić information content (AvgIpc) is 2.87. The molecule has 0 N–H and O–H groups in total. The molecule has 0 amide bonds.